The maximum atomic E-state index is 14.2. The van der Waals surface area contributed by atoms with Crippen molar-refractivity contribution in [3.8, 4) is 5.75 Å². The van der Waals surface area contributed by atoms with Crippen LogP contribution in [0.25, 0.3) is 0 Å². The highest BCUT2D eigenvalue weighted by atomic mass is 19.3. The van der Waals surface area contributed by atoms with Gasteiger partial charge in [-0.05, 0) is 17.7 Å². The molecule has 0 aromatic heterocycles. The third-order valence-corrected chi connectivity index (χ3v) is 3.09. The van der Waals surface area contributed by atoms with Crippen molar-refractivity contribution >= 4 is 5.78 Å². The highest BCUT2D eigenvalue weighted by molar-refractivity contribution is 6.01. The Morgan fingerprint density at radius 1 is 1.14 bits per heavy atom. The number of carbonyl (C=O) groups excluding carboxylic acids is 1. The average molecular weight is 292 g/mol. The molecule has 0 saturated carbocycles. The Hall–Kier alpha value is -2.27. The lowest BCUT2D eigenvalue weighted by molar-refractivity contribution is -0.0793. The van der Waals surface area contributed by atoms with E-state index in [0.29, 0.717) is 5.75 Å². The molecular formula is C16H14F2O3. The molecule has 0 heterocycles. The van der Waals surface area contributed by atoms with Crippen LogP contribution in [0.2, 0.25) is 0 Å². The number of methoxy groups -OCH3 is 1. The van der Waals surface area contributed by atoms with Crippen molar-refractivity contribution < 1.29 is 23.4 Å². The lowest BCUT2D eigenvalue weighted by atomic mass is 9.96. The van der Waals surface area contributed by atoms with Crippen molar-refractivity contribution in [2.24, 2.45) is 0 Å². The summed E-state index contributed by atoms with van der Waals surface area (Å²) in [5.74, 6) is -5.01. The summed E-state index contributed by atoms with van der Waals surface area (Å²) >= 11 is 0. The zero-order valence-electron chi connectivity index (χ0n) is 11.3. The van der Waals surface area contributed by atoms with Gasteiger partial charge in [-0.25, -0.2) is 0 Å². The third-order valence-electron chi connectivity index (χ3n) is 3.09. The molecule has 0 amide bonds. The number of ketones is 1. The number of alkyl halides is 2. The number of hydrogen-bond donors (Lipinski definition) is 1. The van der Waals surface area contributed by atoms with Gasteiger partial charge in [-0.1, -0.05) is 42.5 Å². The maximum Gasteiger partial charge on any atom is 0.339 e. The molecule has 0 bridgehead atoms. The lowest BCUT2D eigenvalue weighted by Gasteiger charge is -2.22. The first-order chi connectivity index (χ1) is 9.96. The van der Waals surface area contributed by atoms with E-state index in [9.17, 15) is 18.7 Å². The van der Waals surface area contributed by atoms with Crippen LogP contribution < -0.4 is 4.74 Å². The quantitative estimate of drug-likeness (QED) is 0.860. The smallest absolute Gasteiger partial charge is 0.339 e. The fraction of sp³-hybridized carbons (Fsp3) is 0.188. The molecule has 0 aliphatic rings. The van der Waals surface area contributed by atoms with E-state index in [0.717, 1.165) is 0 Å². The van der Waals surface area contributed by atoms with Gasteiger partial charge in [0.25, 0.3) is 0 Å². The second-order valence-corrected chi connectivity index (χ2v) is 4.50. The molecule has 0 aliphatic carbocycles. The van der Waals surface area contributed by atoms with E-state index in [1.165, 1.54) is 49.6 Å². The summed E-state index contributed by atoms with van der Waals surface area (Å²) in [7, 11) is 1.39. The monoisotopic (exact) mass is 292 g/mol. The second-order valence-electron chi connectivity index (χ2n) is 4.50. The number of hydrogen-bond acceptors (Lipinski definition) is 3. The van der Waals surface area contributed by atoms with E-state index in [4.69, 9.17) is 4.74 Å². The van der Waals surface area contributed by atoms with Crippen LogP contribution in [-0.4, -0.2) is 23.9 Å². The Morgan fingerprint density at radius 3 is 2.43 bits per heavy atom. The maximum absolute atomic E-state index is 14.2. The Morgan fingerprint density at radius 2 is 1.81 bits per heavy atom. The van der Waals surface area contributed by atoms with Crippen LogP contribution in [0.5, 0.6) is 5.75 Å². The zero-order chi connectivity index (χ0) is 15.5. The summed E-state index contributed by atoms with van der Waals surface area (Å²) in [6.45, 7) is 0. The summed E-state index contributed by atoms with van der Waals surface area (Å²) < 4.78 is 33.3. The molecule has 3 nitrogen and oxygen atoms in total. The Balaban J connectivity index is 2.31. The van der Waals surface area contributed by atoms with Gasteiger partial charge in [-0.15, -0.1) is 0 Å². The normalized spacial score (nSPS) is 12.8. The molecule has 0 spiro atoms. The lowest BCUT2D eigenvalue weighted by Crippen LogP contribution is -2.35. The van der Waals surface area contributed by atoms with Crippen LogP contribution in [0, 0.1) is 0 Å². The van der Waals surface area contributed by atoms with Crippen molar-refractivity contribution in [3.63, 3.8) is 0 Å². The minimum Gasteiger partial charge on any atom is -0.497 e. The highest BCUT2D eigenvalue weighted by Crippen LogP contribution is 2.35. The molecule has 1 atom stereocenters. The largest absolute Gasteiger partial charge is 0.497 e. The number of aliphatic hydroxyl groups is 1. The molecule has 0 saturated heterocycles. The summed E-state index contributed by atoms with van der Waals surface area (Å²) in [6, 6.07) is 12.8. The molecule has 0 radical (unpaired) electrons. The van der Waals surface area contributed by atoms with Gasteiger partial charge in [-0.2, -0.15) is 8.78 Å². The van der Waals surface area contributed by atoms with E-state index in [1.54, 1.807) is 12.1 Å². The first-order valence-electron chi connectivity index (χ1n) is 6.26. The van der Waals surface area contributed by atoms with E-state index in [-0.39, 0.29) is 11.1 Å². The van der Waals surface area contributed by atoms with Gasteiger partial charge in [0.15, 0.2) is 6.10 Å². The molecule has 21 heavy (non-hydrogen) atoms. The van der Waals surface area contributed by atoms with Crippen LogP contribution in [0.4, 0.5) is 8.78 Å². The predicted octanol–water partition coefficient (Wildman–Crippen LogP) is 3.25. The molecule has 5 heteroatoms. The van der Waals surface area contributed by atoms with E-state index >= 15 is 0 Å². The van der Waals surface area contributed by atoms with Crippen LogP contribution in [0.15, 0.2) is 54.6 Å². The SMILES string of the molecule is COc1cccc(C(O)C(F)(F)C(=O)c2ccccc2)c1. The van der Waals surface area contributed by atoms with Crippen LogP contribution in [0.3, 0.4) is 0 Å². The third kappa shape index (κ3) is 3.08. The standard InChI is InChI=1S/C16H14F2O3/c1-21-13-9-5-8-12(10-13)15(20)16(17,18)14(19)11-6-3-2-4-7-11/h2-10,15,20H,1H3. The molecule has 0 fully saturated rings. The minimum atomic E-state index is -3.92. The Bertz CT molecular complexity index is 626. The second kappa shape index (κ2) is 6.01. The van der Waals surface area contributed by atoms with Gasteiger partial charge in [0.2, 0.25) is 5.78 Å². The number of benzene rings is 2. The summed E-state index contributed by atoms with van der Waals surface area (Å²) in [5.41, 5.74) is -0.229. The summed E-state index contributed by atoms with van der Waals surface area (Å²) in [5, 5.41) is 9.87. The van der Waals surface area contributed by atoms with Crippen LogP contribution >= 0.6 is 0 Å². The van der Waals surface area contributed by atoms with Gasteiger partial charge in [0, 0.05) is 5.56 Å². The van der Waals surface area contributed by atoms with Crippen LogP contribution in [-0.2, 0) is 0 Å². The Kier molecular flexibility index (Phi) is 4.33. The van der Waals surface area contributed by atoms with Crippen molar-refractivity contribution in [3.05, 3.63) is 65.7 Å². The molecule has 0 aliphatic heterocycles. The molecule has 110 valence electrons. The summed E-state index contributed by atoms with van der Waals surface area (Å²) in [4.78, 5) is 11.9. The van der Waals surface area contributed by atoms with Crippen molar-refractivity contribution in [1.82, 2.24) is 0 Å². The molecular weight excluding hydrogens is 278 g/mol. The predicted molar refractivity (Wildman–Crippen MR) is 73.7 cm³/mol. The number of aliphatic hydroxyl groups excluding tert-OH is 1. The highest BCUT2D eigenvalue weighted by Gasteiger charge is 2.47. The number of carbonyl (C=O) groups is 1. The summed E-state index contributed by atoms with van der Waals surface area (Å²) in [6.07, 6.45) is -2.24. The Labute approximate surface area is 120 Å². The first-order valence-corrected chi connectivity index (χ1v) is 6.26. The van der Waals surface area contributed by atoms with Gasteiger partial charge in [0.05, 0.1) is 7.11 Å². The van der Waals surface area contributed by atoms with Crippen molar-refractivity contribution in [1.29, 1.82) is 0 Å². The minimum absolute atomic E-state index is 0.0800. The fourth-order valence-electron chi connectivity index (χ4n) is 1.93. The van der Waals surface area contributed by atoms with Crippen LogP contribution in [0.1, 0.15) is 22.0 Å². The number of Topliss-reactive ketones (excluding diaryl/α,β-unsaturated/α-hetero) is 1. The van der Waals surface area contributed by atoms with Gasteiger partial charge in [-0.3, -0.25) is 4.79 Å². The van der Waals surface area contributed by atoms with Crippen molar-refractivity contribution in [2.45, 2.75) is 12.0 Å². The zero-order valence-corrected chi connectivity index (χ0v) is 11.3. The topological polar surface area (TPSA) is 46.5 Å². The molecule has 1 unspecified atom stereocenters. The average Bonchev–Trinajstić information content (AvgIpc) is 2.54. The number of ether oxygens (including phenoxy) is 1. The van der Waals surface area contributed by atoms with Crippen molar-refractivity contribution in [2.75, 3.05) is 7.11 Å². The molecule has 2 rings (SSSR count). The van der Waals surface area contributed by atoms with Gasteiger partial charge >= 0.3 is 5.92 Å². The van der Waals surface area contributed by atoms with Gasteiger partial charge < -0.3 is 9.84 Å². The first kappa shape index (κ1) is 15.1. The molecule has 2 aromatic rings. The van der Waals surface area contributed by atoms with E-state index < -0.39 is 17.8 Å². The fourth-order valence-corrected chi connectivity index (χ4v) is 1.93. The molecule has 2 aromatic carbocycles. The number of halogens is 2. The number of rotatable bonds is 5. The van der Waals surface area contributed by atoms with E-state index in [1.807, 2.05) is 0 Å². The van der Waals surface area contributed by atoms with Gasteiger partial charge in [0.1, 0.15) is 5.75 Å². The molecule has 1 N–H and O–H groups in total. The van der Waals surface area contributed by atoms with E-state index in [2.05, 4.69) is 0 Å².